The van der Waals surface area contributed by atoms with Crippen LogP contribution in [0.2, 0.25) is 0 Å². The largest absolute Gasteiger partial charge is 0.497 e. The second-order valence-electron chi connectivity index (χ2n) is 5.30. The Kier molecular flexibility index (Phi) is 5.71. The predicted octanol–water partition coefficient (Wildman–Crippen LogP) is 1.52. The van der Waals surface area contributed by atoms with Crippen LogP contribution in [-0.4, -0.2) is 53.9 Å². The quantitative estimate of drug-likeness (QED) is 0.809. The fourth-order valence-electron chi connectivity index (χ4n) is 2.37. The maximum atomic E-state index is 12.3. The van der Waals surface area contributed by atoms with Crippen molar-refractivity contribution in [1.29, 1.82) is 0 Å². The number of benzene rings is 1. The van der Waals surface area contributed by atoms with Crippen LogP contribution in [0.4, 0.5) is 5.69 Å². The smallest absolute Gasteiger partial charge is 0.244 e. The van der Waals surface area contributed by atoms with Crippen molar-refractivity contribution in [3.8, 4) is 11.5 Å². The first-order valence-corrected chi connectivity index (χ1v) is 8.34. The number of carbonyl (C=O) groups excluding carboxylic acids is 3. The van der Waals surface area contributed by atoms with Gasteiger partial charge in [0.15, 0.2) is 0 Å². The molecule has 1 saturated heterocycles. The highest BCUT2D eigenvalue weighted by Gasteiger charge is 2.38. The van der Waals surface area contributed by atoms with Gasteiger partial charge in [0.05, 0.1) is 30.4 Å². The molecule has 0 unspecified atom stereocenters. The van der Waals surface area contributed by atoms with Gasteiger partial charge in [-0.15, -0.1) is 11.8 Å². The van der Waals surface area contributed by atoms with Crippen LogP contribution in [0.25, 0.3) is 0 Å². The van der Waals surface area contributed by atoms with E-state index >= 15 is 0 Å². The van der Waals surface area contributed by atoms with E-state index in [0.717, 1.165) is 4.90 Å². The van der Waals surface area contributed by atoms with E-state index < -0.39 is 5.91 Å². The molecule has 1 aromatic carbocycles. The minimum atomic E-state index is -0.477. The lowest BCUT2D eigenvalue weighted by atomic mass is 10.2. The van der Waals surface area contributed by atoms with Crippen LogP contribution in [-0.2, 0) is 14.4 Å². The molecule has 0 radical (unpaired) electrons. The minimum Gasteiger partial charge on any atom is -0.497 e. The second kappa shape index (κ2) is 7.57. The molecular formula is C16H20N2O5S. The molecule has 0 aliphatic carbocycles. The third-order valence-corrected chi connectivity index (χ3v) is 4.84. The molecule has 1 heterocycles. The highest BCUT2D eigenvalue weighted by Crippen LogP contribution is 2.30. The van der Waals surface area contributed by atoms with Crippen molar-refractivity contribution in [3.63, 3.8) is 0 Å². The molecule has 130 valence electrons. The first-order chi connectivity index (χ1) is 11.4. The van der Waals surface area contributed by atoms with Crippen LogP contribution >= 0.6 is 11.8 Å². The van der Waals surface area contributed by atoms with Crippen LogP contribution in [0, 0.1) is 0 Å². The Morgan fingerprint density at radius 2 is 1.79 bits per heavy atom. The number of carbonyl (C=O) groups is 3. The number of thioether (sulfide) groups is 1. The van der Waals surface area contributed by atoms with Gasteiger partial charge in [0.2, 0.25) is 17.7 Å². The molecule has 7 nitrogen and oxygen atoms in total. The lowest BCUT2D eigenvalue weighted by Crippen LogP contribution is -2.52. The number of methoxy groups -OCH3 is 2. The van der Waals surface area contributed by atoms with Crippen molar-refractivity contribution < 1.29 is 23.9 Å². The Morgan fingerprint density at radius 3 is 2.33 bits per heavy atom. The first-order valence-electron chi connectivity index (χ1n) is 7.40. The van der Waals surface area contributed by atoms with Crippen molar-refractivity contribution >= 4 is 35.2 Å². The minimum absolute atomic E-state index is 0.326. The number of anilines is 1. The molecule has 8 heteroatoms. The Bertz CT molecular complexity index is 644. The van der Waals surface area contributed by atoms with E-state index in [1.165, 1.54) is 26.0 Å². The van der Waals surface area contributed by atoms with Crippen molar-refractivity contribution in [1.82, 2.24) is 4.90 Å². The molecule has 1 fully saturated rings. The highest BCUT2D eigenvalue weighted by molar-refractivity contribution is 8.02. The molecule has 0 aromatic heterocycles. The molecular weight excluding hydrogens is 332 g/mol. The molecule has 1 aromatic rings. The number of nitrogens with zero attached hydrogens (tertiary/aromatic N) is 1. The van der Waals surface area contributed by atoms with Crippen LogP contribution < -0.4 is 14.8 Å². The van der Waals surface area contributed by atoms with E-state index in [4.69, 9.17) is 9.47 Å². The van der Waals surface area contributed by atoms with Gasteiger partial charge >= 0.3 is 0 Å². The lowest BCUT2D eigenvalue weighted by Gasteiger charge is -2.31. The van der Waals surface area contributed by atoms with Gasteiger partial charge in [-0.1, -0.05) is 0 Å². The maximum absolute atomic E-state index is 12.3. The standard InChI is InChI=1S/C16H20N2O5S/c1-9-15(20)18(16(21)10(2)24-9)8-14(19)17-12-7-11(22-3)5-6-13(12)23-4/h5-7,9-10H,8H2,1-4H3,(H,17,19)/t9-,10-/m1/s1. The summed E-state index contributed by atoms with van der Waals surface area (Å²) >= 11 is 1.29. The summed E-state index contributed by atoms with van der Waals surface area (Å²) in [5.74, 6) is -0.172. The zero-order chi connectivity index (χ0) is 17.9. The number of ether oxygens (including phenoxy) is 2. The number of hydrogen-bond acceptors (Lipinski definition) is 6. The first kappa shape index (κ1) is 18.1. The monoisotopic (exact) mass is 352 g/mol. The van der Waals surface area contributed by atoms with Crippen molar-refractivity contribution in [3.05, 3.63) is 18.2 Å². The maximum Gasteiger partial charge on any atom is 0.244 e. The number of rotatable bonds is 5. The molecule has 0 spiro atoms. The van der Waals surface area contributed by atoms with Crippen molar-refractivity contribution in [2.45, 2.75) is 24.3 Å². The molecule has 1 aliphatic heterocycles. The molecule has 1 aliphatic rings. The third kappa shape index (κ3) is 3.81. The molecule has 2 atom stereocenters. The molecule has 24 heavy (non-hydrogen) atoms. The fraction of sp³-hybridized carbons (Fsp3) is 0.438. The van der Waals surface area contributed by atoms with Gasteiger partial charge in [-0.25, -0.2) is 0 Å². The van der Waals surface area contributed by atoms with Gasteiger partial charge in [0.25, 0.3) is 0 Å². The SMILES string of the molecule is COc1ccc(OC)c(NC(=O)CN2C(=O)[C@@H](C)S[C@H](C)C2=O)c1. The predicted molar refractivity (Wildman–Crippen MR) is 91.4 cm³/mol. The van der Waals surface area contributed by atoms with Crippen molar-refractivity contribution in [2.75, 3.05) is 26.1 Å². The molecule has 1 N–H and O–H groups in total. The van der Waals surface area contributed by atoms with Crippen LogP contribution in [0.3, 0.4) is 0 Å². The average Bonchev–Trinajstić information content (AvgIpc) is 2.56. The highest BCUT2D eigenvalue weighted by atomic mass is 32.2. The van der Waals surface area contributed by atoms with E-state index in [1.807, 2.05) is 0 Å². The summed E-state index contributed by atoms with van der Waals surface area (Å²) in [4.78, 5) is 37.6. The number of imide groups is 1. The average molecular weight is 352 g/mol. The van der Waals surface area contributed by atoms with Gasteiger partial charge < -0.3 is 14.8 Å². The Morgan fingerprint density at radius 1 is 1.17 bits per heavy atom. The number of hydrogen-bond donors (Lipinski definition) is 1. The summed E-state index contributed by atoms with van der Waals surface area (Å²) in [6.45, 7) is 3.13. The van der Waals surface area contributed by atoms with E-state index in [1.54, 1.807) is 32.0 Å². The van der Waals surface area contributed by atoms with E-state index in [0.29, 0.717) is 17.2 Å². The Balaban J connectivity index is 2.13. The van der Waals surface area contributed by atoms with Gasteiger partial charge in [0, 0.05) is 6.07 Å². The normalized spacial score (nSPS) is 20.8. The summed E-state index contributed by atoms with van der Waals surface area (Å²) in [5.41, 5.74) is 0.411. The van der Waals surface area contributed by atoms with Crippen LogP contribution in [0.1, 0.15) is 13.8 Å². The van der Waals surface area contributed by atoms with E-state index in [2.05, 4.69) is 5.32 Å². The molecule has 3 amide bonds. The van der Waals surface area contributed by atoms with E-state index in [9.17, 15) is 14.4 Å². The number of nitrogens with one attached hydrogen (secondary N) is 1. The van der Waals surface area contributed by atoms with Crippen LogP contribution in [0.5, 0.6) is 11.5 Å². The molecule has 2 rings (SSSR count). The van der Waals surface area contributed by atoms with Crippen molar-refractivity contribution in [2.24, 2.45) is 0 Å². The van der Waals surface area contributed by atoms with Gasteiger partial charge in [-0.2, -0.15) is 0 Å². The lowest BCUT2D eigenvalue weighted by molar-refractivity contribution is -0.147. The summed E-state index contributed by atoms with van der Waals surface area (Å²) in [6, 6.07) is 4.97. The summed E-state index contributed by atoms with van der Waals surface area (Å²) in [5, 5.41) is 1.96. The van der Waals surface area contributed by atoms with Crippen LogP contribution in [0.15, 0.2) is 18.2 Å². The summed E-state index contributed by atoms with van der Waals surface area (Å²) < 4.78 is 10.3. The zero-order valence-corrected chi connectivity index (χ0v) is 14.8. The summed E-state index contributed by atoms with van der Waals surface area (Å²) in [7, 11) is 2.99. The van der Waals surface area contributed by atoms with E-state index in [-0.39, 0.29) is 28.9 Å². The summed E-state index contributed by atoms with van der Waals surface area (Å²) in [6.07, 6.45) is 0. The fourth-order valence-corrected chi connectivity index (χ4v) is 3.47. The Labute approximate surface area is 144 Å². The Hall–Kier alpha value is -2.22. The molecule has 0 bridgehead atoms. The molecule has 0 saturated carbocycles. The van der Waals surface area contributed by atoms with Gasteiger partial charge in [-0.05, 0) is 26.0 Å². The number of amides is 3. The second-order valence-corrected chi connectivity index (χ2v) is 6.98. The van der Waals surface area contributed by atoms with Gasteiger partial charge in [-0.3, -0.25) is 19.3 Å². The topological polar surface area (TPSA) is 84.9 Å². The zero-order valence-electron chi connectivity index (χ0n) is 14.0. The third-order valence-electron chi connectivity index (χ3n) is 3.62. The van der Waals surface area contributed by atoms with Gasteiger partial charge in [0.1, 0.15) is 18.0 Å².